The molecule has 1 unspecified atom stereocenters. The van der Waals surface area contributed by atoms with Gasteiger partial charge in [-0.25, -0.2) is 9.18 Å². The van der Waals surface area contributed by atoms with Crippen LogP contribution in [0.5, 0.6) is 11.5 Å². The largest absolute Gasteiger partial charge is 0.493 e. The van der Waals surface area contributed by atoms with Crippen molar-refractivity contribution in [1.29, 1.82) is 0 Å². The Morgan fingerprint density at radius 2 is 1.81 bits per heavy atom. The molecule has 1 N–H and O–H groups in total. The molecule has 0 saturated carbocycles. The summed E-state index contributed by atoms with van der Waals surface area (Å²) in [4.78, 5) is 14.1. The Morgan fingerprint density at radius 1 is 1.15 bits per heavy atom. The van der Waals surface area contributed by atoms with E-state index in [9.17, 15) is 9.18 Å². The number of nitrogens with zero attached hydrogens (tertiary/aromatic N) is 1. The van der Waals surface area contributed by atoms with Gasteiger partial charge in [0.25, 0.3) is 0 Å². The third kappa shape index (κ3) is 5.12. The molecule has 140 valence electrons. The average molecular weight is 360 g/mol. The summed E-state index contributed by atoms with van der Waals surface area (Å²) in [5.74, 6) is 0.997. The molecule has 0 heterocycles. The minimum absolute atomic E-state index is 0.157. The first-order valence-corrected chi connectivity index (χ1v) is 8.62. The molecule has 0 aliphatic heterocycles. The van der Waals surface area contributed by atoms with E-state index in [2.05, 4.69) is 5.32 Å². The molecular weight excluding hydrogens is 335 g/mol. The van der Waals surface area contributed by atoms with Crippen LogP contribution in [0.25, 0.3) is 0 Å². The van der Waals surface area contributed by atoms with E-state index in [1.807, 2.05) is 38.1 Å². The molecule has 0 radical (unpaired) electrons. The van der Waals surface area contributed by atoms with Gasteiger partial charge in [-0.05, 0) is 43.7 Å². The second-order valence-electron chi connectivity index (χ2n) is 5.74. The van der Waals surface area contributed by atoms with E-state index in [0.717, 1.165) is 5.56 Å². The van der Waals surface area contributed by atoms with Crippen LogP contribution in [-0.4, -0.2) is 37.7 Å². The van der Waals surface area contributed by atoms with Crippen molar-refractivity contribution < 1.29 is 18.7 Å². The van der Waals surface area contributed by atoms with Gasteiger partial charge in [0.1, 0.15) is 12.4 Å². The number of urea groups is 1. The Morgan fingerprint density at radius 3 is 2.42 bits per heavy atom. The van der Waals surface area contributed by atoms with E-state index in [-0.39, 0.29) is 17.9 Å². The van der Waals surface area contributed by atoms with Crippen LogP contribution in [0.15, 0.2) is 48.5 Å². The molecular formula is C20H25FN2O3. The van der Waals surface area contributed by atoms with E-state index in [4.69, 9.17) is 9.47 Å². The summed E-state index contributed by atoms with van der Waals surface area (Å²) in [7, 11) is 1.58. The first kappa shape index (κ1) is 19.6. The Bertz CT molecular complexity index is 706. The molecule has 2 amide bonds. The van der Waals surface area contributed by atoms with Gasteiger partial charge in [0.05, 0.1) is 19.7 Å². The summed E-state index contributed by atoms with van der Waals surface area (Å²) in [6.07, 6.45) is 0. The maximum atomic E-state index is 13.1. The predicted molar refractivity (Wildman–Crippen MR) is 99.1 cm³/mol. The standard InChI is InChI=1S/C20H25FN2O3/c1-4-23(15(2)16-9-11-17(21)12-10-16)20(24)22-13-14-26-19-8-6-5-7-18(19)25-3/h5-12,15H,4,13-14H2,1-3H3,(H,22,24). The van der Waals surface area contributed by atoms with Crippen LogP contribution < -0.4 is 14.8 Å². The Hall–Kier alpha value is -2.76. The Balaban J connectivity index is 1.86. The first-order valence-electron chi connectivity index (χ1n) is 8.62. The van der Waals surface area contributed by atoms with E-state index in [0.29, 0.717) is 31.2 Å². The smallest absolute Gasteiger partial charge is 0.318 e. The molecule has 1 atom stereocenters. The summed E-state index contributed by atoms with van der Waals surface area (Å²) in [6, 6.07) is 13.2. The van der Waals surface area contributed by atoms with Crippen molar-refractivity contribution in [2.24, 2.45) is 0 Å². The van der Waals surface area contributed by atoms with Crippen LogP contribution in [0.2, 0.25) is 0 Å². The van der Waals surface area contributed by atoms with E-state index < -0.39 is 0 Å². The van der Waals surface area contributed by atoms with Gasteiger partial charge in [-0.2, -0.15) is 0 Å². The van der Waals surface area contributed by atoms with Gasteiger partial charge < -0.3 is 19.7 Å². The number of para-hydroxylation sites is 2. The zero-order valence-corrected chi connectivity index (χ0v) is 15.4. The molecule has 2 aromatic rings. The second kappa shape index (κ2) is 9.65. The van der Waals surface area contributed by atoms with Gasteiger partial charge >= 0.3 is 6.03 Å². The number of ether oxygens (including phenoxy) is 2. The lowest BCUT2D eigenvalue weighted by molar-refractivity contribution is 0.180. The number of halogens is 1. The number of nitrogens with one attached hydrogen (secondary N) is 1. The lowest BCUT2D eigenvalue weighted by Crippen LogP contribution is -2.42. The highest BCUT2D eigenvalue weighted by molar-refractivity contribution is 5.74. The monoisotopic (exact) mass is 360 g/mol. The van der Waals surface area contributed by atoms with Crippen molar-refractivity contribution >= 4 is 6.03 Å². The normalized spacial score (nSPS) is 11.5. The van der Waals surface area contributed by atoms with E-state index in [1.54, 1.807) is 24.1 Å². The molecule has 6 heteroatoms. The highest BCUT2D eigenvalue weighted by Crippen LogP contribution is 2.25. The van der Waals surface area contributed by atoms with Crippen molar-refractivity contribution in [3.8, 4) is 11.5 Å². The summed E-state index contributed by atoms with van der Waals surface area (Å²) >= 11 is 0. The molecule has 0 spiro atoms. The third-order valence-corrected chi connectivity index (χ3v) is 4.13. The molecule has 0 saturated heterocycles. The predicted octanol–water partition coefficient (Wildman–Crippen LogP) is 4.01. The number of benzene rings is 2. The van der Waals surface area contributed by atoms with E-state index >= 15 is 0 Å². The summed E-state index contributed by atoms with van der Waals surface area (Å²) in [5.41, 5.74) is 0.883. The average Bonchev–Trinajstić information content (AvgIpc) is 2.66. The third-order valence-electron chi connectivity index (χ3n) is 4.13. The quantitative estimate of drug-likeness (QED) is 0.724. The molecule has 26 heavy (non-hydrogen) atoms. The lowest BCUT2D eigenvalue weighted by Gasteiger charge is -2.28. The maximum Gasteiger partial charge on any atom is 0.318 e. The van der Waals surface area contributed by atoms with Gasteiger partial charge in [-0.15, -0.1) is 0 Å². The van der Waals surface area contributed by atoms with Crippen molar-refractivity contribution in [3.05, 3.63) is 59.9 Å². The number of methoxy groups -OCH3 is 1. The van der Waals surface area contributed by atoms with Crippen LogP contribution >= 0.6 is 0 Å². The summed E-state index contributed by atoms with van der Waals surface area (Å²) < 4.78 is 23.9. The van der Waals surface area contributed by atoms with Gasteiger partial charge in [0.15, 0.2) is 11.5 Å². The summed E-state index contributed by atoms with van der Waals surface area (Å²) in [5, 5.41) is 2.85. The van der Waals surface area contributed by atoms with Gasteiger partial charge in [0, 0.05) is 6.54 Å². The Kier molecular flexibility index (Phi) is 7.26. The number of rotatable bonds is 8. The molecule has 0 aliphatic rings. The van der Waals surface area contributed by atoms with Crippen LogP contribution in [0, 0.1) is 5.82 Å². The topological polar surface area (TPSA) is 50.8 Å². The van der Waals surface area contributed by atoms with Gasteiger partial charge in [-0.1, -0.05) is 24.3 Å². The van der Waals surface area contributed by atoms with Crippen LogP contribution in [0.3, 0.4) is 0 Å². The SMILES string of the molecule is CCN(C(=O)NCCOc1ccccc1OC)C(C)c1ccc(F)cc1. The zero-order valence-electron chi connectivity index (χ0n) is 15.4. The van der Waals surface area contributed by atoms with Crippen molar-refractivity contribution in [2.45, 2.75) is 19.9 Å². The number of carbonyl (C=O) groups excluding carboxylic acids is 1. The van der Waals surface area contributed by atoms with Crippen LogP contribution in [-0.2, 0) is 0 Å². The molecule has 0 bridgehead atoms. The molecule has 0 fully saturated rings. The fourth-order valence-electron chi connectivity index (χ4n) is 2.67. The fourth-order valence-corrected chi connectivity index (χ4v) is 2.67. The lowest BCUT2D eigenvalue weighted by atomic mass is 10.1. The number of hydrogen-bond donors (Lipinski definition) is 1. The van der Waals surface area contributed by atoms with Gasteiger partial charge in [-0.3, -0.25) is 0 Å². The number of hydrogen-bond acceptors (Lipinski definition) is 3. The Labute approximate surface area is 153 Å². The van der Waals surface area contributed by atoms with Crippen molar-refractivity contribution in [1.82, 2.24) is 10.2 Å². The number of amides is 2. The minimum Gasteiger partial charge on any atom is -0.493 e. The van der Waals surface area contributed by atoms with E-state index in [1.165, 1.54) is 12.1 Å². The van der Waals surface area contributed by atoms with Crippen molar-refractivity contribution in [3.63, 3.8) is 0 Å². The summed E-state index contributed by atoms with van der Waals surface area (Å²) in [6.45, 7) is 5.06. The van der Waals surface area contributed by atoms with Crippen LogP contribution in [0.1, 0.15) is 25.5 Å². The number of carbonyl (C=O) groups is 1. The molecule has 0 aromatic heterocycles. The second-order valence-corrected chi connectivity index (χ2v) is 5.74. The zero-order chi connectivity index (χ0) is 18.9. The minimum atomic E-state index is -0.290. The molecule has 0 aliphatic carbocycles. The molecule has 2 rings (SSSR count). The van der Waals surface area contributed by atoms with Gasteiger partial charge in [0.2, 0.25) is 0 Å². The van der Waals surface area contributed by atoms with Crippen LogP contribution in [0.4, 0.5) is 9.18 Å². The first-order chi connectivity index (χ1) is 12.6. The molecule has 2 aromatic carbocycles. The highest BCUT2D eigenvalue weighted by Gasteiger charge is 2.19. The van der Waals surface area contributed by atoms with Crippen molar-refractivity contribution in [2.75, 3.05) is 26.8 Å². The highest BCUT2D eigenvalue weighted by atomic mass is 19.1. The molecule has 5 nitrogen and oxygen atoms in total. The fraction of sp³-hybridized carbons (Fsp3) is 0.350. The maximum absolute atomic E-state index is 13.1.